The monoisotopic (exact) mass is 941 g/mol. The van der Waals surface area contributed by atoms with Gasteiger partial charge in [0.05, 0.1) is 6.61 Å². The van der Waals surface area contributed by atoms with Gasteiger partial charge in [0, 0.05) is 12.8 Å². The first kappa shape index (κ1) is 64.3. The number of aliphatic hydroxyl groups is 1. The first-order valence-electron chi connectivity index (χ1n) is 28.1. The number of rotatable bonds is 50. The van der Waals surface area contributed by atoms with Gasteiger partial charge in [0.2, 0.25) is 0 Å². The molecule has 0 aliphatic heterocycles. The van der Waals surface area contributed by atoms with Gasteiger partial charge in [-0.25, -0.2) is 0 Å². The summed E-state index contributed by atoms with van der Waals surface area (Å²) >= 11 is 0. The van der Waals surface area contributed by atoms with E-state index < -0.39 is 6.10 Å². The second kappa shape index (κ2) is 57.6. The summed E-state index contributed by atoms with van der Waals surface area (Å²) in [7, 11) is 0. The summed E-state index contributed by atoms with van der Waals surface area (Å²) in [5.41, 5.74) is 0. The zero-order chi connectivity index (χ0) is 49.2. The van der Waals surface area contributed by atoms with E-state index in [4.69, 9.17) is 9.47 Å². The molecule has 0 radical (unpaired) electrons. The zero-order valence-electron chi connectivity index (χ0n) is 44.1. The fraction of sp³-hybridized carbons (Fsp3) is 0.651. The van der Waals surface area contributed by atoms with E-state index in [0.717, 1.165) is 109 Å². The molecule has 0 saturated carbocycles. The van der Waals surface area contributed by atoms with Crippen LogP contribution in [0.3, 0.4) is 0 Å². The van der Waals surface area contributed by atoms with Crippen LogP contribution in [0, 0.1) is 0 Å². The van der Waals surface area contributed by atoms with Gasteiger partial charge in [-0.3, -0.25) is 9.59 Å². The minimum atomic E-state index is -0.796. The summed E-state index contributed by atoms with van der Waals surface area (Å²) in [6.07, 6.45) is 84.4. The van der Waals surface area contributed by atoms with Gasteiger partial charge in [0.25, 0.3) is 0 Å². The lowest BCUT2D eigenvalue weighted by molar-refractivity contribution is -0.161. The summed E-state index contributed by atoms with van der Waals surface area (Å²) in [4.78, 5) is 24.5. The lowest BCUT2D eigenvalue weighted by Crippen LogP contribution is -2.28. The molecule has 0 heterocycles. The number of allylic oxidation sites excluding steroid dienone is 20. The first-order chi connectivity index (χ1) is 33.6. The van der Waals surface area contributed by atoms with Crippen molar-refractivity contribution in [3.05, 3.63) is 122 Å². The van der Waals surface area contributed by atoms with Crippen molar-refractivity contribution in [2.24, 2.45) is 0 Å². The Kier molecular flexibility index (Phi) is 54.5. The number of hydrogen-bond donors (Lipinski definition) is 1. The molecule has 0 aliphatic rings. The molecule has 0 spiro atoms. The van der Waals surface area contributed by atoms with Crippen LogP contribution in [0.1, 0.15) is 245 Å². The molecule has 1 atom stereocenters. The number of aliphatic hydroxyl groups excluding tert-OH is 1. The molecule has 0 bridgehead atoms. The highest BCUT2D eigenvalue weighted by Crippen LogP contribution is 2.15. The topological polar surface area (TPSA) is 72.8 Å². The Morgan fingerprint density at radius 1 is 0.353 bits per heavy atom. The molecule has 1 unspecified atom stereocenters. The average molecular weight is 942 g/mol. The molecule has 0 rings (SSSR count). The number of carbonyl (C=O) groups is 2. The third-order valence-corrected chi connectivity index (χ3v) is 11.7. The Balaban J connectivity index is 3.60. The van der Waals surface area contributed by atoms with Crippen LogP contribution in [0.25, 0.3) is 0 Å². The third-order valence-electron chi connectivity index (χ3n) is 11.7. The first-order valence-corrected chi connectivity index (χ1v) is 28.1. The predicted molar refractivity (Wildman–Crippen MR) is 297 cm³/mol. The van der Waals surface area contributed by atoms with Gasteiger partial charge in [-0.2, -0.15) is 0 Å². The molecule has 0 aliphatic carbocycles. The Hall–Kier alpha value is -3.70. The predicted octanol–water partition coefficient (Wildman–Crippen LogP) is 19.1. The molecule has 0 amide bonds. The molecule has 0 fully saturated rings. The zero-order valence-corrected chi connectivity index (χ0v) is 44.1. The quantitative estimate of drug-likeness (QED) is 0.0374. The van der Waals surface area contributed by atoms with Crippen molar-refractivity contribution in [3.63, 3.8) is 0 Å². The molecule has 5 nitrogen and oxygen atoms in total. The Morgan fingerprint density at radius 2 is 0.632 bits per heavy atom. The maximum atomic E-state index is 12.3. The second-order valence-electron chi connectivity index (χ2n) is 18.3. The van der Waals surface area contributed by atoms with Crippen molar-refractivity contribution in [3.8, 4) is 0 Å². The minimum absolute atomic E-state index is 0.0834. The fourth-order valence-electron chi connectivity index (χ4n) is 7.54. The summed E-state index contributed by atoms with van der Waals surface area (Å²) in [6.45, 7) is 4.00. The van der Waals surface area contributed by atoms with Gasteiger partial charge in [0.15, 0.2) is 6.10 Å². The summed E-state index contributed by atoms with van der Waals surface area (Å²) in [5, 5.41) is 9.65. The van der Waals surface area contributed by atoms with E-state index in [9.17, 15) is 14.7 Å². The van der Waals surface area contributed by atoms with E-state index in [-0.39, 0.29) is 25.2 Å². The SMILES string of the molecule is CC/C=C\C/C=C\C/C=C\C/C=C\C/C=C\C/C=C\C/C=C\C/C=C\CCCCCCC(=O)OC(CO)COC(=O)CCCCCCCCCCCCCCC/C=C\C/C=C\CCCCCCC. The smallest absolute Gasteiger partial charge is 0.306 e. The van der Waals surface area contributed by atoms with E-state index in [1.165, 1.54) is 109 Å². The lowest BCUT2D eigenvalue weighted by Gasteiger charge is -2.15. The van der Waals surface area contributed by atoms with E-state index in [1.54, 1.807) is 0 Å². The molecule has 0 aromatic rings. The molecule has 386 valence electrons. The van der Waals surface area contributed by atoms with E-state index in [2.05, 4.69) is 135 Å². The standard InChI is InChI=1S/C63H104O5/c1-3-5-7-9-11-13-15-17-19-21-23-25-27-29-30-31-32-34-36-38-40-42-44-46-48-50-52-54-56-58-63(66)68-61(59-64)60-67-62(65)57-55-53-51-49-47-45-43-41-39-37-35-33-28-26-24-22-20-18-16-14-12-10-8-6-4-2/h5,7,11,13,16-19,22-25,29-30,32,34,38,40,44,46,61,64H,3-4,6,8-10,12,14-15,20-21,26-28,31,33,35-37,39,41-43,45,47-60H2,1-2H3/b7-5-,13-11-,18-16-,19-17-,24-22-,25-23-,30-29-,34-32-,40-38-,46-44-. The minimum Gasteiger partial charge on any atom is -0.462 e. The van der Waals surface area contributed by atoms with Gasteiger partial charge >= 0.3 is 11.9 Å². The average Bonchev–Trinajstić information content (AvgIpc) is 3.34. The largest absolute Gasteiger partial charge is 0.462 e. The summed E-state index contributed by atoms with van der Waals surface area (Å²) in [6, 6.07) is 0. The Bertz CT molecular complexity index is 1390. The van der Waals surface area contributed by atoms with Gasteiger partial charge in [0.1, 0.15) is 6.61 Å². The maximum absolute atomic E-state index is 12.3. The number of unbranched alkanes of at least 4 members (excludes halogenated alkanes) is 22. The van der Waals surface area contributed by atoms with Crippen LogP contribution < -0.4 is 0 Å². The van der Waals surface area contributed by atoms with E-state index in [1.807, 2.05) is 0 Å². The molecular formula is C63H104O5. The summed E-state index contributed by atoms with van der Waals surface area (Å²) in [5.74, 6) is -0.624. The molecule has 5 heteroatoms. The van der Waals surface area contributed by atoms with Crippen molar-refractivity contribution in [2.45, 2.75) is 251 Å². The van der Waals surface area contributed by atoms with Crippen molar-refractivity contribution >= 4 is 11.9 Å². The molecule has 0 aromatic carbocycles. The van der Waals surface area contributed by atoms with Gasteiger partial charge < -0.3 is 14.6 Å². The highest BCUT2D eigenvalue weighted by Gasteiger charge is 2.16. The van der Waals surface area contributed by atoms with E-state index in [0.29, 0.717) is 12.8 Å². The Morgan fingerprint density at radius 3 is 0.956 bits per heavy atom. The molecule has 68 heavy (non-hydrogen) atoms. The lowest BCUT2D eigenvalue weighted by atomic mass is 10.0. The van der Waals surface area contributed by atoms with E-state index >= 15 is 0 Å². The van der Waals surface area contributed by atoms with Gasteiger partial charge in [-0.05, 0) is 109 Å². The van der Waals surface area contributed by atoms with Crippen molar-refractivity contribution in [1.29, 1.82) is 0 Å². The molecule has 0 saturated heterocycles. The molecule has 0 aromatic heterocycles. The van der Waals surface area contributed by atoms with Crippen LogP contribution in [0.2, 0.25) is 0 Å². The van der Waals surface area contributed by atoms with Crippen LogP contribution in [0.4, 0.5) is 0 Å². The maximum Gasteiger partial charge on any atom is 0.306 e. The number of carbonyl (C=O) groups excluding carboxylic acids is 2. The third kappa shape index (κ3) is 54.9. The van der Waals surface area contributed by atoms with Crippen LogP contribution >= 0.6 is 0 Å². The highest BCUT2D eigenvalue weighted by atomic mass is 16.6. The van der Waals surface area contributed by atoms with Gasteiger partial charge in [-0.15, -0.1) is 0 Å². The fourth-order valence-corrected chi connectivity index (χ4v) is 7.54. The molecular weight excluding hydrogens is 837 g/mol. The van der Waals surface area contributed by atoms with Crippen LogP contribution in [0.15, 0.2) is 122 Å². The van der Waals surface area contributed by atoms with Crippen molar-refractivity contribution in [2.75, 3.05) is 13.2 Å². The van der Waals surface area contributed by atoms with Crippen molar-refractivity contribution < 1.29 is 24.2 Å². The number of ether oxygens (including phenoxy) is 2. The van der Waals surface area contributed by atoms with Crippen LogP contribution in [-0.4, -0.2) is 36.4 Å². The Labute approximate surface area is 420 Å². The second-order valence-corrected chi connectivity index (χ2v) is 18.3. The summed E-state index contributed by atoms with van der Waals surface area (Å²) < 4.78 is 10.7. The van der Waals surface area contributed by atoms with Crippen LogP contribution in [-0.2, 0) is 19.1 Å². The number of hydrogen-bond acceptors (Lipinski definition) is 5. The molecule has 1 N–H and O–H groups in total. The highest BCUT2D eigenvalue weighted by molar-refractivity contribution is 5.70. The van der Waals surface area contributed by atoms with Crippen LogP contribution in [0.5, 0.6) is 0 Å². The van der Waals surface area contributed by atoms with Crippen molar-refractivity contribution in [1.82, 2.24) is 0 Å². The normalized spacial score (nSPS) is 13.2. The number of esters is 2. The van der Waals surface area contributed by atoms with Gasteiger partial charge in [-0.1, -0.05) is 245 Å².